The third-order valence-electron chi connectivity index (χ3n) is 5.64. The second kappa shape index (κ2) is 9.05. The number of hydrogen-bond donors (Lipinski definition) is 0. The molecular formula is C20H28N2O5S. The monoisotopic (exact) mass is 408 g/mol. The molecule has 0 N–H and O–H groups in total. The van der Waals surface area contributed by atoms with Crippen molar-refractivity contribution < 1.29 is 22.7 Å². The second-order valence-electron chi connectivity index (χ2n) is 7.51. The highest BCUT2D eigenvalue weighted by Gasteiger charge is 2.27. The van der Waals surface area contributed by atoms with Gasteiger partial charge in [-0.3, -0.25) is 4.79 Å². The Hall–Kier alpha value is -1.93. The number of esters is 1. The number of amides is 1. The van der Waals surface area contributed by atoms with Crippen LogP contribution >= 0.6 is 0 Å². The standard InChI is InChI=1S/C20H28N2O5S/c1-21(17-7-3-2-4-8-17)19(23)15-27-20(24)16-9-11-18(12-10-16)28(25,26)22-13-5-6-14-22/h9-12,17H,2-8,13-15H2,1H3. The molecule has 0 aromatic heterocycles. The molecule has 0 unspecified atom stereocenters. The maximum atomic E-state index is 12.5. The average molecular weight is 409 g/mol. The van der Waals surface area contributed by atoms with Gasteiger partial charge in [-0.25, -0.2) is 13.2 Å². The first-order chi connectivity index (χ1) is 13.4. The van der Waals surface area contributed by atoms with Crippen LogP contribution in [-0.2, 0) is 19.6 Å². The molecule has 1 saturated carbocycles. The van der Waals surface area contributed by atoms with Gasteiger partial charge in [0.2, 0.25) is 10.0 Å². The lowest BCUT2D eigenvalue weighted by atomic mass is 9.94. The van der Waals surface area contributed by atoms with E-state index in [4.69, 9.17) is 4.74 Å². The molecular weight excluding hydrogens is 380 g/mol. The molecule has 2 aliphatic rings. The van der Waals surface area contributed by atoms with Crippen molar-refractivity contribution in [2.45, 2.75) is 55.9 Å². The summed E-state index contributed by atoms with van der Waals surface area (Å²) in [6.45, 7) is 0.755. The van der Waals surface area contributed by atoms with Crippen molar-refractivity contribution in [3.63, 3.8) is 0 Å². The van der Waals surface area contributed by atoms with Crippen LogP contribution in [0.25, 0.3) is 0 Å². The van der Waals surface area contributed by atoms with E-state index in [1.807, 2.05) is 0 Å². The summed E-state index contributed by atoms with van der Waals surface area (Å²) in [4.78, 5) is 26.3. The Bertz CT molecular complexity index is 794. The van der Waals surface area contributed by atoms with Crippen LogP contribution in [0.2, 0.25) is 0 Å². The summed E-state index contributed by atoms with van der Waals surface area (Å²) in [5.74, 6) is -0.844. The van der Waals surface area contributed by atoms with E-state index in [-0.39, 0.29) is 29.0 Å². The summed E-state index contributed by atoms with van der Waals surface area (Å²) in [5, 5.41) is 0. The molecule has 1 aromatic rings. The highest BCUT2D eigenvalue weighted by atomic mass is 32.2. The first-order valence-electron chi connectivity index (χ1n) is 9.92. The predicted molar refractivity (Wildman–Crippen MR) is 104 cm³/mol. The summed E-state index contributed by atoms with van der Waals surface area (Å²) in [5.41, 5.74) is 0.230. The predicted octanol–water partition coefficient (Wildman–Crippen LogP) is 2.42. The van der Waals surface area contributed by atoms with Crippen LogP contribution in [0.4, 0.5) is 0 Å². The van der Waals surface area contributed by atoms with E-state index in [9.17, 15) is 18.0 Å². The van der Waals surface area contributed by atoms with Gasteiger partial charge in [-0.05, 0) is 49.9 Å². The van der Waals surface area contributed by atoms with Crippen LogP contribution in [0, 0.1) is 0 Å². The molecule has 28 heavy (non-hydrogen) atoms. The molecule has 1 saturated heterocycles. The third kappa shape index (κ3) is 4.72. The zero-order chi connectivity index (χ0) is 20.1. The van der Waals surface area contributed by atoms with E-state index in [0.717, 1.165) is 38.5 Å². The number of ether oxygens (including phenoxy) is 1. The summed E-state index contributed by atoms with van der Waals surface area (Å²) in [6, 6.07) is 5.91. The van der Waals surface area contributed by atoms with Gasteiger partial charge in [0.15, 0.2) is 6.61 Å². The number of sulfonamides is 1. The Morgan fingerprint density at radius 3 is 2.25 bits per heavy atom. The van der Waals surface area contributed by atoms with Crippen LogP contribution in [-0.4, -0.2) is 62.3 Å². The van der Waals surface area contributed by atoms with Crippen LogP contribution in [0.15, 0.2) is 29.2 Å². The topological polar surface area (TPSA) is 84.0 Å². The Morgan fingerprint density at radius 1 is 1.04 bits per heavy atom. The fraction of sp³-hybridized carbons (Fsp3) is 0.600. The van der Waals surface area contributed by atoms with Gasteiger partial charge in [-0.2, -0.15) is 4.31 Å². The highest BCUT2D eigenvalue weighted by Crippen LogP contribution is 2.22. The number of rotatable bonds is 6. The molecule has 0 bridgehead atoms. The zero-order valence-electron chi connectivity index (χ0n) is 16.3. The SMILES string of the molecule is CN(C(=O)COC(=O)c1ccc(S(=O)(=O)N2CCCC2)cc1)C1CCCCC1. The van der Waals surface area contributed by atoms with Gasteiger partial charge in [0, 0.05) is 26.2 Å². The summed E-state index contributed by atoms with van der Waals surface area (Å²) in [6.07, 6.45) is 7.16. The quantitative estimate of drug-likeness (QED) is 0.675. The number of benzene rings is 1. The van der Waals surface area contributed by atoms with Gasteiger partial charge in [-0.1, -0.05) is 19.3 Å². The normalized spacial score (nSPS) is 18.8. The Balaban J connectivity index is 1.55. The van der Waals surface area contributed by atoms with Crippen molar-refractivity contribution in [3.8, 4) is 0 Å². The molecule has 154 valence electrons. The molecule has 1 aliphatic heterocycles. The van der Waals surface area contributed by atoms with Gasteiger partial charge < -0.3 is 9.64 Å². The first-order valence-corrected chi connectivity index (χ1v) is 11.4. The van der Waals surface area contributed by atoms with Crippen LogP contribution in [0.1, 0.15) is 55.3 Å². The average Bonchev–Trinajstić information content (AvgIpc) is 3.28. The van der Waals surface area contributed by atoms with Gasteiger partial charge in [0.1, 0.15) is 0 Å². The van der Waals surface area contributed by atoms with Crippen molar-refractivity contribution in [2.75, 3.05) is 26.7 Å². The van der Waals surface area contributed by atoms with Crippen molar-refractivity contribution in [1.82, 2.24) is 9.21 Å². The molecule has 3 rings (SSSR count). The van der Waals surface area contributed by atoms with Gasteiger partial charge >= 0.3 is 5.97 Å². The molecule has 1 amide bonds. The molecule has 8 heteroatoms. The van der Waals surface area contributed by atoms with Crippen molar-refractivity contribution in [1.29, 1.82) is 0 Å². The molecule has 1 aliphatic carbocycles. The molecule has 7 nitrogen and oxygen atoms in total. The van der Waals surface area contributed by atoms with E-state index in [1.165, 1.54) is 35.0 Å². The Labute approximate surface area is 166 Å². The minimum atomic E-state index is -3.51. The third-order valence-corrected chi connectivity index (χ3v) is 7.55. The van der Waals surface area contributed by atoms with E-state index in [1.54, 1.807) is 11.9 Å². The lowest BCUT2D eigenvalue weighted by Gasteiger charge is -2.31. The van der Waals surface area contributed by atoms with Crippen molar-refractivity contribution in [2.24, 2.45) is 0 Å². The largest absolute Gasteiger partial charge is 0.452 e. The van der Waals surface area contributed by atoms with Gasteiger partial charge in [0.05, 0.1) is 10.5 Å². The van der Waals surface area contributed by atoms with Gasteiger partial charge in [0.25, 0.3) is 5.91 Å². The number of hydrogen-bond acceptors (Lipinski definition) is 5. The molecule has 0 atom stereocenters. The Kier molecular flexibility index (Phi) is 6.72. The lowest BCUT2D eigenvalue weighted by Crippen LogP contribution is -2.40. The van der Waals surface area contributed by atoms with Crippen LogP contribution in [0.3, 0.4) is 0 Å². The van der Waals surface area contributed by atoms with Gasteiger partial charge in [-0.15, -0.1) is 0 Å². The van der Waals surface area contributed by atoms with Crippen molar-refractivity contribution >= 4 is 21.9 Å². The maximum Gasteiger partial charge on any atom is 0.338 e. The van der Waals surface area contributed by atoms with Crippen molar-refractivity contribution in [3.05, 3.63) is 29.8 Å². The number of likely N-dealkylation sites (N-methyl/N-ethyl adjacent to an activating group) is 1. The van der Waals surface area contributed by atoms with E-state index < -0.39 is 16.0 Å². The number of nitrogens with zero attached hydrogens (tertiary/aromatic N) is 2. The highest BCUT2D eigenvalue weighted by molar-refractivity contribution is 7.89. The minimum Gasteiger partial charge on any atom is -0.452 e. The van der Waals surface area contributed by atoms with E-state index in [0.29, 0.717) is 13.1 Å². The molecule has 1 aromatic carbocycles. The Morgan fingerprint density at radius 2 is 1.64 bits per heavy atom. The maximum absolute atomic E-state index is 12.5. The number of carbonyl (C=O) groups excluding carboxylic acids is 2. The fourth-order valence-corrected chi connectivity index (χ4v) is 5.34. The minimum absolute atomic E-state index is 0.166. The molecule has 1 heterocycles. The summed E-state index contributed by atoms with van der Waals surface area (Å²) >= 11 is 0. The first kappa shape index (κ1) is 20.8. The molecule has 0 spiro atoms. The lowest BCUT2D eigenvalue weighted by molar-refractivity contribution is -0.135. The summed E-state index contributed by atoms with van der Waals surface area (Å²) < 4.78 is 31.6. The molecule has 0 radical (unpaired) electrons. The van der Waals surface area contributed by atoms with Crippen LogP contribution in [0.5, 0.6) is 0 Å². The second-order valence-corrected chi connectivity index (χ2v) is 9.45. The van der Waals surface area contributed by atoms with Crippen LogP contribution < -0.4 is 0 Å². The van der Waals surface area contributed by atoms with E-state index in [2.05, 4.69) is 0 Å². The van der Waals surface area contributed by atoms with E-state index >= 15 is 0 Å². The summed E-state index contributed by atoms with van der Waals surface area (Å²) in [7, 11) is -1.76. The fourth-order valence-electron chi connectivity index (χ4n) is 3.82. The zero-order valence-corrected chi connectivity index (χ0v) is 17.1. The molecule has 2 fully saturated rings. The smallest absolute Gasteiger partial charge is 0.338 e. The number of carbonyl (C=O) groups is 2.